The molecule has 14 heteroatoms. The van der Waals surface area contributed by atoms with Crippen LogP contribution in [0.3, 0.4) is 0 Å². The normalized spacial score (nSPS) is 10.1. The number of Topliss-reactive ketones (excluding diaryl/α,β-unsaturated/α-hetero) is 1. The van der Waals surface area contributed by atoms with Crippen molar-refractivity contribution in [2.45, 2.75) is 0 Å². The van der Waals surface area contributed by atoms with Crippen LogP contribution in [0.5, 0.6) is 0 Å². The second kappa shape index (κ2) is 17.6. The van der Waals surface area contributed by atoms with Gasteiger partial charge in [-0.3, -0.25) is 4.79 Å². The highest BCUT2D eigenvalue weighted by Gasteiger charge is 2.10. The fraction of sp³-hybridized carbons (Fsp3) is 0.0333. The largest absolute Gasteiger partial charge is 0.376 e. The van der Waals surface area contributed by atoms with Crippen LogP contribution < -0.4 is 16.4 Å². The smallest absolute Gasteiger partial charge is 0.187 e. The van der Waals surface area contributed by atoms with Gasteiger partial charge in [-0.2, -0.15) is 0 Å². The van der Waals surface area contributed by atoms with Gasteiger partial charge in [-0.25, -0.2) is 13.8 Å². The summed E-state index contributed by atoms with van der Waals surface area (Å²) in [4.78, 5) is 15.4. The number of carbonyl (C=O) groups is 1. The first kappa shape index (κ1) is 35.6. The molecule has 0 atom stereocenters. The lowest BCUT2D eigenvalue weighted by Crippen LogP contribution is -2.19. The average molecular weight is 777 g/mol. The molecule has 0 aliphatic heterocycles. The van der Waals surface area contributed by atoms with Crippen LogP contribution in [0.1, 0.15) is 10.4 Å². The highest BCUT2D eigenvalue weighted by atomic mass is 79.9. The van der Waals surface area contributed by atoms with Crippen molar-refractivity contribution in [3.63, 3.8) is 0 Å². The standard InChI is InChI=1S/C15H9Cl2FN2S.C8H6BrFO.C7H6Cl2N2S/c16-11-2-1-3-12(17)14(11)20-15-19-13(8-21-15)9-4-6-10(18)7-5-9;9-5-8(11)6-1-3-7(10)4-2-6;8-4-2-1-3-5(9)6(4)11-7(10)12/h1-8H,(H,19,20);1-4H,5H2;1-3H,(H3,10,11,12). The SMILES string of the molecule is Fc1ccc(-c2csc(Nc3c(Cl)cccc3Cl)n2)cc1.NC(=S)Nc1c(Cl)cccc1Cl.O=C(CBr)c1ccc(F)cc1. The van der Waals surface area contributed by atoms with Crippen molar-refractivity contribution in [1.82, 2.24) is 4.98 Å². The maximum atomic E-state index is 12.9. The third-order valence-corrected chi connectivity index (χ3v) is 7.97. The number of thiocarbonyl (C=S) groups is 1. The third-order valence-electron chi connectivity index (χ3n) is 5.34. The summed E-state index contributed by atoms with van der Waals surface area (Å²) >= 11 is 32.9. The van der Waals surface area contributed by atoms with Gasteiger partial charge < -0.3 is 16.4 Å². The van der Waals surface area contributed by atoms with E-state index >= 15 is 0 Å². The molecule has 0 saturated heterocycles. The topological polar surface area (TPSA) is 80.0 Å². The molecule has 5 aromatic rings. The molecule has 4 aromatic carbocycles. The quantitative estimate of drug-likeness (QED) is 0.0905. The number of nitrogens with one attached hydrogen (secondary N) is 2. The van der Waals surface area contributed by atoms with Crippen LogP contribution in [0.4, 0.5) is 25.3 Å². The van der Waals surface area contributed by atoms with Gasteiger partial charge in [0.2, 0.25) is 0 Å². The number of ketones is 1. The maximum absolute atomic E-state index is 12.9. The van der Waals surface area contributed by atoms with E-state index in [-0.39, 0.29) is 27.9 Å². The van der Waals surface area contributed by atoms with Crippen molar-refractivity contribution in [3.05, 3.63) is 128 Å². The number of anilines is 3. The molecule has 0 aliphatic rings. The Bertz CT molecular complexity index is 1690. The number of para-hydroxylation sites is 2. The zero-order chi connectivity index (χ0) is 32.2. The second-order valence-corrected chi connectivity index (χ2v) is 11.9. The first-order chi connectivity index (χ1) is 21.0. The predicted octanol–water partition coefficient (Wildman–Crippen LogP) is 11.1. The summed E-state index contributed by atoms with van der Waals surface area (Å²) in [7, 11) is 0. The number of aromatic nitrogens is 1. The molecular formula is C30H21BrCl4F2N4OS2. The monoisotopic (exact) mass is 774 g/mol. The predicted molar refractivity (Wildman–Crippen MR) is 189 cm³/mol. The van der Waals surface area contributed by atoms with Crippen LogP contribution >= 0.6 is 85.9 Å². The second-order valence-electron chi connectivity index (χ2n) is 8.42. The van der Waals surface area contributed by atoms with Crippen LogP contribution in [0.2, 0.25) is 20.1 Å². The Morgan fingerprint density at radius 3 is 1.77 bits per heavy atom. The van der Waals surface area contributed by atoms with Crippen molar-refractivity contribution in [1.29, 1.82) is 0 Å². The van der Waals surface area contributed by atoms with Crippen LogP contribution in [-0.4, -0.2) is 21.2 Å². The van der Waals surface area contributed by atoms with Gasteiger partial charge in [0.1, 0.15) is 11.6 Å². The summed E-state index contributed by atoms with van der Waals surface area (Å²) in [6.07, 6.45) is 0. The molecule has 0 fully saturated rings. The van der Waals surface area contributed by atoms with Gasteiger partial charge in [-0.15, -0.1) is 11.3 Å². The molecule has 1 aromatic heterocycles. The number of carbonyl (C=O) groups excluding carboxylic acids is 1. The molecule has 5 nitrogen and oxygen atoms in total. The number of alkyl halides is 1. The molecule has 4 N–H and O–H groups in total. The first-order valence-corrected chi connectivity index (χ1v) is 16.2. The van der Waals surface area contributed by atoms with Crippen molar-refractivity contribution in [3.8, 4) is 11.3 Å². The summed E-state index contributed by atoms with van der Waals surface area (Å²) < 4.78 is 25.3. The Morgan fingerprint density at radius 2 is 1.30 bits per heavy atom. The number of benzene rings is 4. The van der Waals surface area contributed by atoms with Gasteiger partial charge in [-0.1, -0.05) is 74.5 Å². The molecule has 44 heavy (non-hydrogen) atoms. The van der Waals surface area contributed by atoms with Crippen LogP contribution in [0, 0.1) is 11.6 Å². The fourth-order valence-corrected chi connectivity index (χ4v) is 5.40. The molecule has 0 aliphatic carbocycles. The summed E-state index contributed by atoms with van der Waals surface area (Å²) in [5.41, 5.74) is 8.59. The highest BCUT2D eigenvalue weighted by Crippen LogP contribution is 2.35. The molecular weight excluding hydrogens is 756 g/mol. The Balaban J connectivity index is 0.000000196. The summed E-state index contributed by atoms with van der Waals surface area (Å²) in [6, 6.07) is 22.1. The van der Waals surface area contributed by atoms with E-state index in [1.54, 1.807) is 48.5 Å². The lowest BCUT2D eigenvalue weighted by Gasteiger charge is -2.07. The van der Waals surface area contributed by atoms with E-state index in [1.807, 2.05) is 5.38 Å². The number of nitrogens with two attached hydrogens (primary N) is 1. The van der Waals surface area contributed by atoms with Crippen LogP contribution in [0.25, 0.3) is 11.3 Å². The van der Waals surface area contributed by atoms with Crippen molar-refractivity contribution >= 4 is 113 Å². The Morgan fingerprint density at radius 1 is 0.818 bits per heavy atom. The van der Waals surface area contributed by atoms with Crippen molar-refractivity contribution < 1.29 is 13.6 Å². The molecule has 0 radical (unpaired) electrons. The zero-order valence-corrected chi connectivity index (χ0v) is 28.5. The molecule has 1 heterocycles. The number of hydrogen-bond donors (Lipinski definition) is 3. The van der Waals surface area contributed by atoms with E-state index in [1.165, 1.54) is 47.7 Å². The van der Waals surface area contributed by atoms with E-state index in [0.717, 1.165) is 11.3 Å². The minimum atomic E-state index is -0.323. The van der Waals surface area contributed by atoms with E-state index in [2.05, 4.69) is 43.8 Å². The lowest BCUT2D eigenvalue weighted by molar-refractivity contribution is 0.102. The minimum Gasteiger partial charge on any atom is -0.376 e. The van der Waals surface area contributed by atoms with E-state index in [4.69, 9.17) is 52.1 Å². The number of halogens is 7. The van der Waals surface area contributed by atoms with Gasteiger partial charge >= 0.3 is 0 Å². The molecule has 0 saturated carbocycles. The Hall–Kier alpha value is -2.83. The van der Waals surface area contributed by atoms with Crippen LogP contribution in [-0.2, 0) is 0 Å². The van der Waals surface area contributed by atoms with Gasteiger partial charge in [-0.05, 0) is 85.0 Å². The van der Waals surface area contributed by atoms with E-state index in [9.17, 15) is 13.6 Å². The first-order valence-electron chi connectivity index (χ1n) is 12.3. The van der Waals surface area contributed by atoms with E-state index in [0.29, 0.717) is 42.2 Å². The molecule has 228 valence electrons. The summed E-state index contributed by atoms with van der Waals surface area (Å²) in [6.45, 7) is 0. The maximum Gasteiger partial charge on any atom is 0.187 e. The highest BCUT2D eigenvalue weighted by molar-refractivity contribution is 9.09. The van der Waals surface area contributed by atoms with Crippen molar-refractivity contribution in [2.24, 2.45) is 5.73 Å². The lowest BCUT2D eigenvalue weighted by atomic mass is 10.1. The molecule has 0 unspecified atom stereocenters. The summed E-state index contributed by atoms with van der Waals surface area (Å²) in [5.74, 6) is -0.628. The van der Waals surface area contributed by atoms with Crippen LogP contribution in [0.15, 0.2) is 90.3 Å². The number of nitrogens with zero attached hydrogens (tertiary/aromatic N) is 1. The van der Waals surface area contributed by atoms with Gasteiger partial charge in [0.05, 0.1) is 42.5 Å². The zero-order valence-electron chi connectivity index (χ0n) is 22.3. The summed E-state index contributed by atoms with van der Waals surface area (Å²) in [5, 5.41) is 10.8. The van der Waals surface area contributed by atoms with Gasteiger partial charge in [0.15, 0.2) is 16.0 Å². The number of rotatable bonds is 6. The number of thiazole rings is 1. The minimum absolute atomic E-state index is 0.0370. The van der Waals surface area contributed by atoms with E-state index < -0.39 is 0 Å². The number of hydrogen-bond acceptors (Lipinski definition) is 5. The Kier molecular flexibility index (Phi) is 14.3. The molecule has 0 amide bonds. The fourth-order valence-electron chi connectivity index (χ4n) is 3.26. The Labute approximate surface area is 290 Å². The average Bonchev–Trinajstić information content (AvgIpc) is 3.47. The molecule has 0 spiro atoms. The van der Waals surface area contributed by atoms with Crippen molar-refractivity contribution in [2.75, 3.05) is 16.0 Å². The molecule has 0 bridgehead atoms. The van der Waals surface area contributed by atoms with Gasteiger partial charge in [0.25, 0.3) is 0 Å². The van der Waals surface area contributed by atoms with Gasteiger partial charge in [0, 0.05) is 16.5 Å². The third kappa shape index (κ3) is 11.0. The molecule has 5 rings (SSSR count).